The van der Waals surface area contributed by atoms with Crippen molar-refractivity contribution in [3.63, 3.8) is 0 Å². The van der Waals surface area contributed by atoms with Crippen molar-refractivity contribution in [3.8, 4) is 0 Å². The van der Waals surface area contributed by atoms with Gasteiger partial charge in [0.1, 0.15) is 10.5 Å². The summed E-state index contributed by atoms with van der Waals surface area (Å²) >= 11 is 0. The number of nitrogens with zero attached hydrogens (tertiary/aromatic N) is 1. The summed E-state index contributed by atoms with van der Waals surface area (Å²) in [6.07, 6.45) is 5.27. The van der Waals surface area contributed by atoms with Gasteiger partial charge in [-0.3, -0.25) is 0 Å². The van der Waals surface area contributed by atoms with Gasteiger partial charge in [-0.05, 0) is 30.9 Å². The molecule has 1 fully saturated rings. The molecule has 1 saturated carbocycles. The quantitative estimate of drug-likeness (QED) is 0.766. The summed E-state index contributed by atoms with van der Waals surface area (Å²) in [5.74, 6) is 0.465. The molecule has 0 amide bonds. The topological polar surface area (TPSA) is 101 Å². The molecule has 4 N–H and O–H groups in total. The van der Waals surface area contributed by atoms with Crippen molar-refractivity contribution in [2.45, 2.75) is 23.8 Å². The maximum absolute atomic E-state index is 12.2. The molecule has 0 spiro atoms. The van der Waals surface area contributed by atoms with E-state index >= 15 is 0 Å². The summed E-state index contributed by atoms with van der Waals surface area (Å²) in [5, 5.41) is 0.593. The minimum Gasteiger partial charge on any atom is -0.345 e. The average Bonchev–Trinajstić information content (AvgIpc) is 3.15. The van der Waals surface area contributed by atoms with E-state index in [0.717, 1.165) is 12.8 Å². The van der Waals surface area contributed by atoms with Crippen molar-refractivity contribution in [2.24, 2.45) is 11.7 Å². The number of aromatic nitrogens is 2. The predicted octanol–water partition coefficient (Wildman–Crippen LogP) is 1.00. The molecule has 0 saturated heterocycles. The smallest absolute Gasteiger partial charge is 0.242 e. The van der Waals surface area contributed by atoms with Crippen LogP contribution in [0.1, 0.15) is 12.8 Å². The minimum absolute atomic E-state index is 0. The molecule has 2 aromatic heterocycles. The van der Waals surface area contributed by atoms with Crippen molar-refractivity contribution < 1.29 is 8.42 Å². The number of nitrogens with one attached hydrogen (secondary N) is 2. The summed E-state index contributed by atoms with van der Waals surface area (Å²) in [6, 6.07) is 3.34. The van der Waals surface area contributed by atoms with Crippen LogP contribution in [0.15, 0.2) is 29.4 Å². The summed E-state index contributed by atoms with van der Waals surface area (Å²) in [4.78, 5) is 7.15. The van der Waals surface area contributed by atoms with Gasteiger partial charge in [0.25, 0.3) is 0 Å². The lowest BCUT2D eigenvalue weighted by molar-refractivity contribution is 0.548. The molecular formula is C12H17ClN4O2S. The Balaban J connectivity index is 0.00000147. The van der Waals surface area contributed by atoms with E-state index in [4.69, 9.17) is 5.73 Å². The van der Waals surface area contributed by atoms with Crippen LogP contribution < -0.4 is 10.5 Å². The molecule has 1 aliphatic carbocycles. The highest BCUT2D eigenvalue weighted by atomic mass is 35.5. The van der Waals surface area contributed by atoms with Crippen LogP contribution in [-0.4, -0.2) is 31.0 Å². The van der Waals surface area contributed by atoms with Crippen LogP contribution in [0.3, 0.4) is 0 Å². The zero-order valence-corrected chi connectivity index (χ0v) is 12.4. The molecular weight excluding hydrogens is 300 g/mol. The van der Waals surface area contributed by atoms with E-state index < -0.39 is 10.0 Å². The van der Waals surface area contributed by atoms with Gasteiger partial charge in [-0.1, -0.05) is 0 Å². The summed E-state index contributed by atoms with van der Waals surface area (Å²) in [5.41, 5.74) is 6.47. The van der Waals surface area contributed by atoms with Crippen LogP contribution in [-0.2, 0) is 10.0 Å². The fourth-order valence-electron chi connectivity index (χ4n) is 2.13. The van der Waals surface area contributed by atoms with Gasteiger partial charge in [-0.25, -0.2) is 18.1 Å². The third kappa shape index (κ3) is 2.95. The number of sulfonamides is 1. The zero-order chi connectivity index (χ0) is 13.5. The van der Waals surface area contributed by atoms with Gasteiger partial charge in [0.05, 0.1) is 0 Å². The first-order chi connectivity index (χ1) is 9.08. The molecule has 0 aromatic carbocycles. The zero-order valence-electron chi connectivity index (χ0n) is 10.7. The number of hydrogen-bond donors (Lipinski definition) is 3. The Morgan fingerprint density at radius 1 is 1.50 bits per heavy atom. The second kappa shape index (κ2) is 5.69. The van der Waals surface area contributed by atoms with Gasteiger partial charge >= 0.3 is 0 Å². The van der Waals surface area contributed by atoms with Crippen LogP contribution >= 0.6 is 12.4 Å². The van der Waals surface area contributed by atoms with Gasteiger partial charge in [0, 0.05) is 30.4 Å². The first-order valence-corrected chi connectivity index (χ1v) is 7.73. The van der Waals surface area contributed by atoms with Crippen molar-refractivity contribution in [1.82, 2.24) is 14.7 Å². The number of halogens is 1. The largest absolute Gasteiger partial charge is 0.345 e. The van der Waals surface area contributed by atoms with Crippen LogP contribution in [0, 0.1) is 5.92 Å². The van der Waals surface area contributed by atoms with Crippen LogP contribution in [0.2, 0.25) is 0 Å². The molecule has 1 unspecified atom stereocenters. The van der Waals surface area contributed by atoms with Gasteiger partial charge in [-0.2, -0.15) is 0 Å². The highest BCUT2D eigenvalue weighted by Crippen LogP contribution is 2.31. The lowest BCUT2D eigenvalue weighted by Crippen LogP contribution is -2.38. The summed E-state index contributed by atoms with van der Waals surface area (Å²) in [6.45, 7) is 0.278. The fraction of sp³-hybridized carbons (Fsp3) is 0.417. The number of nitrogens with two attached hydrogens (primary N) is 1. The Labute approximate surface area is 123 Å². The van der Waals surface area contributed by atoms with E-state index in [2.05, 4.69) is 14.7 Å². The summed E-state index contributed by atoms with van der Waals surface area (Å²) in [7, 11) is -3.55. The Bertz CT molecular complexity index is 696. The second-order valence-corrected chi connectivity index (χ2v) is 6.64. The third-order valence-corrected chi connectivity index (χ3v) is 4.90. The van der Waals surface area contributed by atoms with Crippen molar-refractivity contribution in [1.29, 1.82) is 0 Å². The monoisotopic (exact) mass is 316 g/mol. The van der Waals surface area contributed by atoms with Gasteiger partial charge in [0.2, 0.25) is 10.0 Å². The second-order valence-electron chi connectivity index (χ2n) is 4.91. The van der Waals surface area contributed by atoms with Gasteiger partial charge in [0.15, 0.2) is 0 Å². The number of pyridine rings is 1. The average molecular weight is 317 g/mol. The molecule has 8 heteroatoms. The van der Waals surface area contributed by atoms with Crippen molar-refractivity contribution in [3.05, 3.63) is 24.5 Å². The molecule has 0 bridgehead atoms. The number of fused-ring (bicyclic) bond motifs is 1. The Hall–Kier alpha value is -1.15. The molecule has 0 aliphatic heterocycles. The number of rotatable bonds is 5. The maximum atomic E-state index is 12.2. The minimum atomic E-state index is -3.55. The predicted molar refractivity (Wildman–Crippen MR) is 79.2 cm³/mol. The highest BCUT2D eigenvalue weighted by Gasteiger charge is 2.29. The summed E-state index contributed by atoms with van der Waals surface area (Å²) < 4.78 is 27.1. The van der Waals surface area contributed by atoms with E-state index in [-0.39, 0.29) is 29.9 Å². The van der Waals surface area contributed by atoms with Crippen molar-refractivity contribution in [2.75, 3.05) is 6.54 Å². The van der Waals surface area contributed by atoms with Crippen molar-refractivity contribution >= 4 is 33.5 Å². The number of aromatic amines is 1. The third-order valence-electron chi connectivity index (χ3n) is 3.44. The molecule has 110 valence electrons. The Morgan fingerprint density at radius 3 is 2.95 bits per heavy atom. The van der Waals surface area contributed by atoms with E-state index in [9.17, 15) is 8.42 Å². The maximum Gasteiger partial charge on any atom is 0.242 e. The Kier molecular flexibility index (Phi) is 4.33. The van der Waals surface area contributed by atoms with E-state index in [1.165, 1.54) is 6.20 Å². The molecule has 3 rings (SSSR count). The molecule has 20 heavy (non-hydrogen) atoms. The van der Waals surface area contributed by atoms with E-state index in [1.54, 1.807) is 18.3 Å². The molecule has 2 heterocycles. The first-order valence-electron chi connectivity index (χ1n) is 6.25. The lowest BCUT2D eigenvalue weighted by atomic mass is 10.2. The van der Waals surface area contributed by atoms with E-state index in [1.807, 2.05) is 0 Å². The van der Waals surface area contributed by atoms with Crippen LogP contribution in [0.4, 0.5) is 0 Å². The molecule has 2 aromatic rings. The standard InChI is InChI=1S/C12H16N4O2S.ClH/c13-10(8-3-4-8)6-16-19(17,18)11-7-15-12-9(11)2-1-5-14-12;/h1-2,5,7-8,10,16H,3-4,6,13H2,(H,14,15);1H. The van der Waals surface area contributed by atoms with Gasteiger partial charge in [-0.15, -0.1) is 12.4 Å². The number of H-pyrrole nitrogens is 1. The Morgan fingerprint density at radius 2 is 2.25 bits per heavy atom. The molecule has 1 atom stereocenters. The normalized spacial score (nSPS) is 16.9. The van der Waals surface area contributed by atoms with Crippen LogP contribution in [0.25, 0.3) is 11.0 Å². The highest BCUT2D eigenvalue weighted by molar-refractivity contribution is 7.89. The van der Waals surface area contributed by atoms with Crippen LogP contribution in [0.5, 0.6) is 0 Å². The molecule has 0 radical (unpaired) electrons. The SMILES string of the molecule is Cl.NC(CNS(=O)(=O)c1c[nH]c2ncccc12)C1CC1. The fourth-order valence-corrected chi connectivity index (χ4v) is 3.36. The lowest BCUT2D eigenvalue weighted by Gasteiger charge is -2.11. The first kappa shape index (κ1) is 15.2. The van der Waals surface area contributed by atoms with E-state index in [0.29, 0.717) is 17.0 Å². The number of hydrogen-bond acceptors (Lipinski definition) is 4. The van der Waals surface area contributed by atoms with Gasteiger partial charge < -0.3 is 10.7 Å². The molecule has 6 nitrogen and oxygen atoms in total. The molecule has 1 aliphatic rings.